The molecule has 0 bridgehead atoms. The average molecular weight is 222 g/mol. The summed E-state index contributed by atoms with van der Waals surface area (Å²) in [6.45, 7) is -0.654. The second-order valence-electron chi connectivity index (χ2n) is 2.57. The zero-order valence-electron chi connectivity index (χ0n) is 7.56. The van der Waals surface area contributed by atoms with E-state index in [-0.39, 0.29) is 5.75 Å². The van der Waals surface area contributed by atoms with Gasteiger partial charge in [0.05, 0.1) is 10.7 Å². The third kappa shape index (κ3) is 2.73. The van der Waals surface area contributed by atoms with Gasteiger partial charge in [0, 0.05) is 7.05 Å². The van der Waals surface area contributed by atoms with Gasteiger partial charge in [0.15, 0.2) is 5.75 Å². The molecule has 1 N–H and O–H groups in total. The second kappa shape index (κ2) is 5.00. The predicted octanol–water partition coefficient (Wildman–Crippen LogP) is 3.03. The summed E-state index contributed by atoms with van der Waals surface area (Å²) in [4.78, 5) is 0. The first kappa shape index (κ1) is 11.0. The number of hydrogen-bond acceptors (Lipinski definition) is 2. The molecule has 0 aliphatic rings. The number of hydrogen-bond donors (Lipinski definition) is 1. The van der Waals surface area contributed by atoms with Crippen molar-refractivity contribution in [1.29, 1.82) is 0 Å². The van der Waals surface area contributed by atoms with E-state index in [0.717, 1.165) is 0 Å². The van der Waals surface area contributed by atoms with Crippen LogP contribution in [0.5, 0.6) is 5.75 Å². The number of ether oxygens (including phenoxy) is 1. The number of alkyl halides is 2. The fraction of sp³-hybridized carbons (Fsp3) is 0.333. The van der Waals surface area contributed by atoms with Gasteiger partial charge in [0.2, 0.25) is 0 Å². The minimum absolute atomic E-state index is 0.261. The Hall–Kier alpha value is -1.03. The largest absolute Gasteiger partial charge is 0.484 e. The van der Waals surface area contributed by atoms with Crippen LogP contribution in [0.2, 0.25) is 5.02 Å². The average Bonchev–Trinajstić information content (AvgIpc) is 2.15. The van der Waals surface area contributed by atoms with Crippen molar-refractivity contribution >= 4 is 17.3 Å². The van der Waals surface area contributed by atoms with Crippen molar-refractivity contribution in [2.24, 2.45) is 0 Å². The van der Waals surface area contributed by atoms with Gasteiger partial charge < -0.3 is 10.1 Å². The zero-order valence-corrected chi connectivity index (χ0v) is 8.31. The molecule has 0 radical (unpaired) electrons. The molecule has 78 valence electrons. The Bertz CT molecular complexity index is 307. The Kier molecular flexibility index (Phi) is 3.95. The summed E-state index contributed by atoms with van der Waals surface area (Å²) in [6.07, 6.45) is -2.50. The highest BCUT2D eigenvalue weighted by atomic mass is 35.5. The third-order valence-corrected chi connectivity index (χ3v) is 1.89. The summed E-state index contributed by atoms with van der Waals surface area (Å²) in [5, 5.41) is 3.12. The maximum Gasteiger partial charge on any atom is 0.272 e. The molecule has 5 heteroatoms. The lowest BCUT2D eigenvalue weighted by Crippen LogP contribution is -2.08. The molecule has 2 nitrogen and oxygen atoms in total. The van der Waals surface area contributed by atoms with Crippen LogP contribution in [-0.2, 0) is 0 Å². The molecule has 0 atom stereocenters. The Labute approximate surface area is 85.8 Å². The summed E-state index contributed by atoms with van der Waals surface area (Å²) in [7, 11) is 1.67. The number of anilines is 1. The van der Waals surface area contributed by atoms with E-state index in [4.69, 9.17) is 16.3 Å². The number of nitrogens with one attached hydrogen (secondary N) is 1. The molecular formula is C9H10ClF2NO. The molecule has 0 fully saturated rings. The van der Waals surface area contributed by atoms with E-state index in [2.05, 4.69) is 5.32 Å². The molecule has 0 heterocycles. The lowest BCUT2D eigenvalue weighted by atomic mass is 10.3. The molecule has 1 rings (SSSR count). The van der Waals surface area contributed by atoms with Gasteiger partial charge in [-0.2, -0.15) is 0 Å². The van der Waals surface area contributed by atoms with Crippen molar-refractivity contribution in [3.05, 3.63) is 23.2 Å². The van der Waals surface area contributed by atoms with Crippen LogP contribution in [0.25, 0.3) is 0 Å². The third-order valence-electron chi connectivity index (χ3n) is 1.59. The summed E-state index contributed by atoms with van der Waals surface area (Å²) < 4.78 is 28.7. The molecule has 0 saturated carbocycles. The van der Waals surface area contributed by atoms with E-state index < -0.39 is 13.0 Å². The fourth-order valence-corrected chi connectivity index (χ4v) is 1.23. The summed E-state index contributed by atoms with van der Waals surface area (Å²) in [5.41, 5.74) is 0.596. The molecule has 1 aromatic rings. The van der Waals surface area contributed by atoms with Gasteiger partial charge in [0.1, 0.15) is 6.61 Å². The van der Waals surface area contributed by atoms with Crippen LogP contribution in [-0.4, -0.2) is 20.1 Å². The van der Waals surface area contributed by atoms with Crippen molar-refractivity contribution in [1.82, 2.24) is 0 Å². The van der Waals surface area contributed by atoms with Crippen molar-refractivity contribution in [3.63, 3.8) is 0 Å². The monoisotopic (exact) mass is 221 g/mol. The highest BCUT2D eigenvalue weighted by Crippen LogP contribution is 2.32. The molecular weight excluding hydrogens is 212 g/mol. The number of para-hydroxylation sites is 1. The molecule has 0 aliphatic carbocycles. The quantitative estimate of drug-likeness (QED) is 0.844. The van der Waals surface area contributed by atoms with E-state index in [1.165, 1.54) is 0 Å². The van der Waals surface area contributed by atoms with Crippen molar-refractivity contribution in [2.45, 2.75) is 6.43 Å². The number of halogens is 3. The molecule has 0 aromatic heterocycles. The Morgan fingerprint density at radius 1 is 1.50 bits per heavy atom. The summed E-state index contributed by atoms with van der Waals surface area (Å²) >= 11 is 5.78. The van der Waals surface area contributed by atoms with Crippen molar-refractivity contribution < 1.29 is 13.5 Å². The highest BCUT2D eigenvalue weighted by molar-refractivity contribution is 6.32. The van der Waals surface area contributed by atoms with Crippen molar-refractivity contribution in [2.75, 3.05) is 19.0 Å². The second-order valence-corrected chi connectivity index (χ2v) is 2.98. The maximum absolute atomic E-state index is 11.9. The van der Waals surface area contributed by atoms with Crippen molar-refractivity contribution in [3.8, 4) is 5.75 Å². The van der Waals surface area contributed by atoms with Crippen LogP contribution < -0.4 is 10.1 Å². The summed E-state index contributed by atoms with van der Waals surface area (Å²) in [6, 6.07) is 5.00. The van der Waals surface area contributed by atoms with E-state index >= 15 is 0 Å². The molecule has 1 aromatic carbocycles. The van der Waals surface area contributed by atoms with E-state index in [9.17, 15) is 8.78 Å². The smallest absolute Gasteiger partial charge is 0.272 e. The zero-order chi connectivity index (χ0) is 10.6. The Morgan fingerprint density at radius 2 is 2.21 bits per heavy atom. The topological polar surface area (TPSA) is 21.3 Å². The van der Waals surface area contributed by atoms with Crippen LogP contribution in [0.1, 0.15) is 0 Å². The summed E-state index contributed by atoms with van der Waals surface area (Å²) in [5.74, 6) is 0.261. The van der Waals surface area contributed by atoms with Crippen LogP contribution in [0.3, 0.4) is 0 Å². The van der Waals surface area contributed by atoms with Gasteiger partial charge >= 0.3 is 0 Å². The normalized spacial score (nSPS) is 10.4. The molecule has 14 heavy (non-hydrogen) atoms. The lowest BCUT2D eigenvalue weighted by molar-refractivity contribution is 0.0823. The van der Waals surface area contributed by atoms with Gasteiger partial charge in [-0.1, -0.05) is 17.7 Å². The lowest BCUT2D eigenvalue weighted by Gasteiger charge is -2.11. The van der Waals surface area contributed by atoms with E-state index in [0.29, 0.717) is 10.7 Å². The highest BCUT2D eigenvalue weighted by Gasteiger charge is 2.10. The van der Waals surface area contributed by atoms with Crippen LogP contribution in [0.4, 0.5) is 14.5 Å². The van der Waals surface area contributed by atoms with Crippen LogP contribution in [0, 0.1) is 0 Å². The molecule has 0 saturated heterocycles. The molecule has 0 spiro atoms. The van der Waals surface area contributed by atoms with Gasteiger partial charge in [0.25, 0.3) is 6.43 Å². The van der Waals surface area contributed by atoms with E-state index in [1.807, 2.05) is 0 Å². The standard InChI is InChI=1S/C9H10ClF2NO/c1-13-7-4-2-3-6(10)9(7)14-5-8(11)12/h2-4,8,13H,5H2,1H3. The van der Waals surface area contributed by atoms with Gasteiger partial charge in [-0.05, 0) is 12.1 Å². The number of benzene rings is 1. The fourth-order valence-electron chi connectivity index (χ4n) is 0.999. The Morgan fingerprint density at radius 3 is 2.79 bits per heavy atom. The van der Waals surface area contributed by atoms with Crippen LogP contribution >= 0.6 is 11.6 Å². The number of rotatable bonds is 4. The minimum Gasteiger partial charge on any atom is -0.484 e. The first-order chi connectivity index (χ1) is 6.65. The first-order valence-corrected chi connectivity index (χ1v) is 4.40. The maximum atomic E-state index is 11.9. The van der Waals surface area contributed by atoms with E-state index in [1.54, 1.807) is 25.2 Å². The van der Waals surface area contributed by atoms with Gasteiger partial charge in [-0.15, -0.1) is 0 Å². The predicted molar refractivity (Wildman–Crippen MR) is 52.5 cm³/mol. The first-order valence-electron chi connectivity index (χ1n) is 4.02. The van der Waals surface area contributed by atoms with Gasteiger partial charge in [-0.3, -0.25) is 0 Å². The molecule has 0 unspecified atom stereocenters. The minimum atomic E-state index is -2.50. The molecule has 0 amide bonds. The van der Waals surface area contributed by atoms with Crippen LogP contribution in [0.15, 0.2) is 18.2 Å². The van der Waals surface area contributed by atoms with Gasteiger partial charge in [-0.25, -0.2) is 8.78 Å². The Balaban J connectivity index is 2.82. The SMILES string of the molecule is CNc1cccc(Cl)c1OCC(F)F. The molecule has 0 aliphatic heterocycles.